The molecule has 1 aliphatic rings. The molecule has 2 aromatic carbocycles. The van der Waals surface area contributed by atoms with E-state index in [1.807, 2.05) is 32.9 Å². The van der Waals surface area contributed by atoms with E-state index in [2.05, 4.69) is 10.3 Å². The number of hydrogen-bond donors (Lipinski definition) is 3. The number of benzene rings is 2. The minimum Gasteiger partial charge on any atom is -0.490 e. The molecule has 1 aromatic heterocycles. The first-order valence-corrected chi connectivity index (χ1v) is 11.4. The van der Waals surface area contributed by atoms with Crippen LogP contribution < -0.4 is 25.3 Å². The molecule has 0 radical (unpaired) electrons. The molecule has 35 heavy (non-hydrogen) atoms. The number of pyridine rings is 1. The molecule has 0 saturated carbocycles. The maximum Gasteiger partial charge on any atom is 0.339 e. The number of aromatic carboxylic acids is 1. The lowest BCUT2D eigenvalue weighted by atomic mass is 10.0. The molecule has 0 spiro atoms. The van der Waals surface area contributed by atoms with Gasteiger partial charge < -0.3 is 30.4 Å². The summed E-state index contributed by atoms with van der Waals surface area (Å²) >= 11 is 0. The fourth-order valence-electron chi connectivity index (χ4n) is 4.09. The smallest absolute Gasteiger partial charge is 0.339 e. The molecule has 2 heterocycles. The number of amides is 1. The first kappa shape index (κ1) is 24.1. The number of nitrogen functional groups attached to an aromatic ring is 1. The maximum absolute atomic E-state index is 12.9. The van der Waals surface area contributed by atoms with Gasteiger partial charge in [0.2, 0.25) is 0 Å². The third kappa shape index (κ3) is 4.80. The number of aryl methyl sites for hydroxylation is 2. The number of carboxylic acids is 1. The van der Waals surface area contributed by atoms with Crippen LogP contribution in [0.3, 0.4) is 0 Å². The summed E-state index contributed by atoms with van der Waals surface area (Å²) in [5.74, 6) is 0.192. The van der Waals surface area contributed by atoms with Crippen molar-refractivity contribution in [2.45, 2.75) is 39.7 Å². The Bertz CT molecular complexity index is 1320. The first-order valence-electron chi connectivity index (χ1n) is 11.4. The lowest BCUT2D eigenvalue weighted by molar-refractivity contribution is 0.0696. The second kappa shape index (κ2) is 9.32. The molecule has 1 amide bonds. The van der Waals surface area contributed by atoms with Crippen molar-refractivity contribution in [3.05, 3.63) is 52.7 Å². The van der Waals surface area contributed by atoms with Crippen molar-refractivity contribution in [3.8, 4) is 17.2 Å². The lowest BCUT2D eigenvalue weighted by Crippen LogP contribution is -2.48. The highest BCUT2D eigenvalue weighted by Crippen LogP contribution is 2.37. The molecule has 0 aliphatic carbocycles. The van der Waals surface area contributed by atoms with E-state index < -0.39 is 11.5 Å². The molecule has 0 bridgehead atoms. The van der Waals surface area contributed by atoms with E-state index >= 15 is 0 Å². The number of rotatable bonds is 7. The molecule has 9 nitrogen and oxygen atoms in total. The molecule has 0 saturated heterocycles. The molecule has 0 atom stereocenters. The zero-order valence-corrected chi connectivity index (χ0v) is 20.2. The van der Waals surface area contributed by atoms with Gasteiger partial charge in [0.1, 0.15) is 31.1 Å². The van der Waals surface area contributed by atoms with Gasteiger partial charge in [-0.2, -0.15) is 0 Å². The van der Waals surface area contributed by atoms with Gasteiger partial charge >= 0.3 is 5.97 Å². The fraction of sp³-hybridized carbons (Fsp3) is 0.346. The highest BCUT2D eigenvalue weighted by atomic mass is 16.6. The van der Waals surface area contributed by atoms with Crippen LogP contribution in [-0.2, 0) is 6.42 Å². The molecule has 0 fully saturated rings. The Morgan fingerprint density at radius 3 is 2.57 bits per heavy atom. The van der Waals surface area contributed by atoms with Crippen molar-refractivity contribution in [3.63, 3.8) is 0 Å². The number of nitrogens with two attached hydrogens (primary N) is 1. The normalized spacial score (nSPS) is 12.9. The number of nitrogens with zero attached hydrogens (tertiary/aromatic N) is 1. The number of carbonyl (C=O) groups excluding carboxylic acids is 1. The summed E-state index contributed by atoms with van der Waals surface area (Å²) in [5.41, 5.74) is 7.81. The summed E-state index contributed by atoms with van der Waals surface area (Å²) in [6.07, 6.45) is 0.644. The van der Waals surface area contributed by atoms with Gasteiger partial charge in [0.05, 0.1) is 27.8 Å². The van der Waals surface area contributed by atoms with Crippen LogP contribution in [0, 0.1) is 6.92 Å². The largest absolute Gasteiger partial charge is 0.490 e. The summed E-state index contributed by atoms with van der Waals surface area (Å²) in [7, 11) is 0. The van der Waals surface area contributed by atoms with Crippen LogP contribution in [0.25, 0.3) is 10.9 Å². The molecule has 9 heteroatoms. The average Bonchev–Trinajstić information content (AvgIpc) is 2.81. The number of carboxylic acid groups (broad SMARTS) is 1. The number of ether oxygens (including phenoxy) is 3. The van der Waals surface area contributed by atoms with E-state index in [0.29, 0.717) is 59.0 Å². The van der Waals surface area contributed by atoms with E-state index in [0.717, 1.165) is 5.56 Å². The van der Waals surface area contributed by atoms with E-state index in [9.17, 15) is 14.7 Å². The van der Waals surface area contributed by atoms with E-state index in [1.165, 1.54) is 0 Å². The Kier molecular flexibility index (Phi) is 6.43. The van der Waals surface area contributed by atoms with Crippen molar-refractivity contribution in [2.75, 3.05) is 25.6 Å². The summed E-state index contributed by atoms with van der Waals surface area (Å²) in [5, 5.41) is 13.1. The van der Waals surface area contributed by atoms with Crippen LogP contribution >= 0.6 is 0 Å². The molecule has 1 aliphatic heterocycles. The van der Waals surface area contributed by atoms with Gasteiger partial charge in [0, 0.05) is 5.56 Å². The van der Waals surface area contributed by atoms with Gasteiger partial charge in [-0.05, 0) is 57.0 Å². The summed E-state index contributed by atoms with van der Waals surface area (Å²) in [6.45, 7) is 8.30. The van der Waals surface area contributed by atoms with Gasteiger partial charge in [-0.15, -0.1) is 0 Å². The zero-order valence-electron chi connectivity index (χ0n) is 20.2. The van der Waals surface area contributed by atoms with Crippen molar-refractivity contribution in [1.82, 2.24) is 10.3 Å². The zero-order chi connectivity index (χ0) is 25.3. The Balaban J connectivity index is 1.59. The minimum atomic E-state index is -1.14. The lowest BCUT2D eigenvalue weighted by Gasteiger charge is -2.28. The van der Waals surface area contributed by atoms with Crippen LogP contribution in [0.5, 0.6) is 17.2 Å². The summed E-state index contributed by atoms with van der Waals surface area (Å²) < 4.78 is 17.3. The Morgan fingerprint density at radius 2 is 1.89 bits per heavy atom. The number of anilines is 1. The highest BCUT2D eigenvalue weighted by Gasteiger charge is 2.26. The predicted octanol–water partition coefficient (Wildman–Crippen LogP) is 3.74. The first-order chi connectivity index (χ1) is 16.6. The number of hydrogen-bond acceptors (Lipinski definition) is 7. The Labute approximate surface area is 203 Å². The second-order valence-corrected chi connectivity index (χ2v) is 9.08. The molecule has 4 N–H and O–H groups in total. The molecule has 4 rings (SSSR count). The molecular weight excluding hydrogens is 450 g/mol. The summed E-state index contributed by atoms with van der Waals surface area (Å²) in [4.78, 5) is 29.2. The van der Waals surface area contributed by atoms with Crippen LogP contribution in [0.4, 0.5) is 5.69 Å². The third-order valence-corrected chi connectivity index (χ3v) is 5.83. The van der Waals surface area contributed by atoms with Crippen LogP contribution in [0.15, 0.2) is 30.3 Å². The Hall–Kier alpha value is -4.01. The Morgan fingerprint density at radius 1 is 1.17 bits per heavy atom. The molecule has 184 valence electrons. The highest BCUT2D eigenvalue weighted by molar-refractivity contribution is 6.07. The van der Waals surface area contributed by atoms with Gasteiger partial charge in [0.25, 0.3) is 5.91 Å². The molecule has 3 aromatic rings. The summed E-state index contributed by atoms with van der Waals surface area (Å²) in [6, 6.07) is 8.76. The second-order valence-electron chi connectivity index (χ2n) is 9.08. The molecular formula is C26H29N3O6. The van der Waals surface area contributed by atoms with Crippen LogP contribution in [0.2, 0.25) is 0 Å². The minimum absolute atomic E-state index is 0.0400. The number of fused-ring (bicyclic) bond motifs is 2. The van der Waals surface area contributed by atoms with Crippen molar-refractivity contribution in [1.29, 1.82) is 0 Å². The van der Waals surface area contributed by atoms with Crippen LogP contribution in [-0.4, -0.2) is 47.3 Å². The van der Waals surface area contributed by atoms with Gasteiger partial charge in [-0.1, -0.05) is 13.0 Å². The monoisotopic (exact) mass is 479 g/mol. The molecule has 0 unspecified atom stereocenters. The number of aromatic nitrogens is 1. The van der Waals surface area contributed by atoms with Crippen molar-refractivity contribution >= 4 is 28.5 Å². The van der Waals surface area contributed by atoms with Gasteiger partial charge in [0.15, 0.2) is 11.5 Å². The quantitative estimate of drug-likeness (QED) is 0.467. The van der Waals surface area contributed by atoms with Crippen LogP contribution in [0.1, 0.15) is 52.7 Å². The number of carbonyl (C=O) groups is 2. The topological polar surface area (TPSA) is 133 Å². The maximum atomic E-state index is 12.9. The number of nitrogens with one attached hydrogen (secondary N) is 1. The van der Waals surface area contributed by atoms with Crippen molar-refractivity contribution in [2.24, 2.45) is 0 Å². The van der Waals surface area contributed by atoms with E-state index in [4.69, 9.17) is 19.9 Å². The predicted molar refractivity (Wildman–Crippen MR) is 132 cm³/mol. The standard InChI is InChI=1S/C26H29N3O6/c1-5-15-6-8-17-21(22(27)20(25(31)32)14(2)28-17)23(15)35-13-26(3,4)29-24(30)16-7-9-18-19(12-16)34-11-10-33-18/h6-9,12H,5,10-11,13H2,1-4H3,(H2,27,28)(H,29,30)(H,31,32). The fourth-order valence-corrected chi connectivity index (χ4v) is 4.09. The van der Waals surface area contributed by atoms with E-state index in [1.54, 1.807) is 25.1 Å². The van der Waals surface area contributed by atoms with Gasteiger partial charge in [-0.3, -0.25) is 9.78 Å². The third-order valence-electron chi connectivity index (χ3n) is 5.83. The average molecular weight is 480 g/mol. The SMILES string of the molecule is CCc1ccc2nc(C)c(C(=O)O)c(N)c2c1OCC(C)(C)NC(=O)c1ccc2c(c1)OCCO2. The van der Waals surface area contributed by atoms with E-state index in [-0.39, 0.29) is 23.8 Å². The van der Waals surface area contributed by atoms with Crippen molar-refractivity contribution < 1.29 is 28.9 Å². The van der Waals surface area contributed by atoms with Gasteiger partial charge in [-0.25, -0.2) is 4.79 Å².